The van der Waals surface area contributed by atoms with Crippen LogP contribution in [-0.4, -0.2) is 39.2 Å². The van der Waals surface area contributed by atoms with Crippen molar-refractivity contribution < 1.29 is 14.0 Å². The molecule has 1 aromatic carbocycles. The molecule has 10 heteroatoms. The Kier molecular flexibility index (Phi) is 6.09. The molecule has 2 N–H and O–H groups in total. The van der Waals surface area contributed by atoms with Crippen molar-refractivity contribution in [2.24, 2.45) is 0 Å². The van der Waals surface area contributed by atoms with E-state index in [1.165, 1.54) is 4.90 Å². The summed E-state index contributed by atoms with van der Waals surface area (Å²) >= 11 is 0. The van der Waals surface area contributed by atoms with E-state index in [4.69, 9.17) is 0 Å². The number of rotatable bonds is 4. The molecule has 0 aliphatic carbocycles. The lowest BCUT2D eigenvalue weighted by Gasteiger charge is -2.21. The van der Waals surface area contributed by atoms with Crippen LogP contribution >= 0.6 is 12.4 Å². The number of aromatic nitrogens is 3. The molecule has 0 saturated carbocycles. The highest BCUT2D eigenvalue weighted by molar-refractivity contribution is 6.53. The molecule has 2 aromatic heterocycles. The van der Waals surface area contributed by atoms with Crippen LogP contribution in [0.5, 0.6) is 0 Å². The van der Waals surface area contributed by atoms with Crippen LogP contribution in [0.4, 0.5) is 21.8 Å². The first kappa shape index (κ1) is 22.8. The molecule has 0 fully saturated rings. The van der Waals surface area contributed by atoms with Crippen molar-refractivity contribution in [3.63, 3.8) is 0 Å². The predicted octanol–water partition coefficient (Wildman–Crippen LogP) is 3.43. The van der Waals surface area contributed by atoms with E-state index >= 15 is 0 Å². The van der Waals surface area contributed by atoms with Crippen LogP contribution in [-0.2, 0) is 17.8 Å². The molecule has 170 valence electrons. The number of carbonyl (C=O) groups excluding carboxylic acids is 2. The van der Waals surface area contributed by atoms with Crippen molar-refractivity contribution in [2.75, 3.05) is 16.8 Å². The van der Waals surface area contributed by atoms with E-state index in [9.17, 15) is 14.0 Å². The van der Waals surface area contributed by atoms with Crippen LogP contribution in [0.2, 0.25) is 0 Å². The monoisotopic (exact) mass is 468 g/mol. The molecule has 0 atom stereocenters. The van der Waals surface area contributed by atoms with Gasteiger partial charge in [-0.15, -0.1) is 12.4 Å². The fraction of sp³-hybridized carbons (Fsp3) is 0.261. The van der Waals surface area contributed by atoms with E-state index in [0.29, 0.717) is 11.5 Å². The van der Waals surface area contributed by atoms with Gasteiger partial charge in [0.2, 0.25) is 5.95 Å². The molecule has 2 aliphatic rings. The van der Waals surface area contributed by atoms with Gasteiger partial charge in [-0.1, -0.05) is 18.2 Å². The first-order valence-electron chi connectivity index (χ1n) is 10.4. The topological polar surface area (TPSA) is 100 Å². The molecular formula is C23H22ClFN6O2. The van der Waals surface area contributed by atoms with Crippen LogP contribution in [0, 0.1) is 5.82 Å². The number of nitrogens with one attached hydrogen (secondary N) is 2. The Morgan fingerprint density at radius 1 is 1.15 bits per heavy atom. The van der Waals surface area contributed by atoms with Crippen LogP contribution < -0.4 is 15.5 Å². The third kappa shape index (κ3) is 3.94. The van der Waals surface area contributed by atoms with Gasteiger partial charge in [0.15, 0.2) is 5.82 Å². The summed E-state index contributed by atoms with van der Waals surface area (Å²) in [6.07, 6.45) is 1.87. The van der Waals surface area contributed by atoms with Crippen molar-refractivity contribution in [1.82, 2.24) is 20.3 Å². The van der Waals surface area contributed by atoms with E-state index in [1.807, 2.05) is 26.0 Å². The number of carbonyl (C=O) groups is 2. The van der Waals surface area contributed by atoms with Gasteiger partial charge in [-0.2, -0.15) is 0 Å². The Labute approximate surface area is 196 Å². The summed E-state index contributed by atoms with van der Waals surface area (Å²) in [5.41, 5.74) is 2.97. The molecule has 4 heterocycles. The maximum atomic E-state index is 14.8. The molecule has 2 aliphatic heterocycles. The van der Waals surface area contributed by atoms with E-state index in [-0.39, 0.29) is 41.2 Å². The molecule has 0 unspecified atom stereocenters. The van der Waals surface area contributed by atoms with Gasteiger partial charge in [-0.3, -0.25) is 9.59 Å². The SMILES string of the molecule is CC(C)N1C(=O)C(=O)c2c(-c3nc(Nc4ccc5c(n4)CCNC5)ncc3F)cccc21.Cl. The molecule has 0 bridgehead atoms. The van der Waals surface area contributed by atoms with Gasteiger partial charge in [0.05, 0.1) is 17.4 Å². The Morgan fingerprint density at radius 2 is 1.97 bits per heavy atom. The number of amides is 1. The summed E-state index contributed by atoms with van der Waals surface area (Å²) < 4.78 is 14.8. The smallest absolute Gasteiger partial charge is 0.299 e. The van der Waals surface area contributed by atoms with Crippen molar-refractivity contribution >= 4 is 41.6 Å². The Morgan fingerprint density at radius 3 is 2.76 bits per heavy atom. The molecule has 3 aromatic rings. The van der Waals surface area contributed by atoms with Crippen LogP contribution in [0.25, 0.3) is 11.3 Å². The average Bonchev–Trinajstić information content (AvgIpc) is 3.05. The molecule has 33 heavy (non-hydrogen) atoms. The van der Waals surface area contributed by atoms with Crippen molar-refractivity contribution in [1.29, 1.82) is 0 Å². The zero-order chi connectivity index (χ0) is 22.4. The number of halogens is 2. The van der Waals surface area contributed by atoms with Crippen LogP contribution in [0.15, 0.2) is 36.5 Å². The second kappa shape index (κ2) is 8.84. The number of hydrogen-bond donors (Lipinski definition) is 2. The van der Waals surface area contributed by atoms with Gasteiger partial charge < -0.3 is 15.5 Å². The predicted molar refractivity (Wildman–Crippen MR) is 125 cm³/mol. The number of Topliss-reactive ketones (excluding diaryl/α,β-unsaturated/α-hetero) is 1. The second-order valence-electron chi connectivity index (χ2n) is 8.04. The second-order valence-corrected chi connectivity index (χ2v) is 8.04. The molecule has 0 spiro atoms. The first-order chi connectivity index (χ1) is 15.4. The summed E-state index contributed by atoms with van der Waals surface area (Å²) in [6.45, 7) is 5.28. The summed E-state index contributed by atoms with van der Waals surface area (Å²) in [6, 6.07) is 8.56. The van der Waals surface area contributed by atoms with Crippen molar-refractivity contribution in [3.05, 3.63) is 59.2 Å². The minimum absolute atomic E-state index is 0. The number of ketones is 1. The number of anilines is 3. The minimum atomic E-state index is -0.684. The fourth-order valence-electron chi connectivity index (χ4n) is 4.15. The molecule has 0 saturated heterocycles. The third-order valence-corrected chi connectivity index (χ3v) is 5.62. The Bertz CT molecular complexity index is 1270. The highest BCUT2D eigenvalue weighted by Gasteiger charge is 2.39. The fourth-order valence-corrected chi connectivity index (χ4v) is 4.15. The zero-order valence-electron chi connectivity index (χ0n) is 18.1. The van der Waals surface area contributed by atoms with E-state index in [2.05, 4.69) is 25.6 Å². The van der Waals surface area contributed by atoms with Gasteiger partial charge in [0.25, 0.3) is 11.7 Å². The molecule has 8 nitrogen and oxygen atoms in total. The lowest BCUT2D eigenvalue weighted by atomic mass is 10.0. The average molecular weight is 469 g/mol. The van der Waals surface area contributed by atoms with Crippen molar-refractivity contribution in [3.8, 4) is 11.3 Å². The summed E-state index contributed by atoms with van der Waals surface area (Å²) in [4.78, 5) is 39.7. The molecule has 0 radical (unpaired) electrons. The molecule has 5 rings (SSSR count). The molecular weight excluding hydrogens is 447 g/mol. The number of fused-ring (bicyclic) bond motifs is 2. The van der Waals surface area contributed by atoms with E-state index < -0.39 is 17.5 Å². The van der Waals surface area contributed by atoms with Gasteiger partial charge in [0, 0.05) is 36.8 Å². The van der Waals surface area contributed by atoms with Crippen LogP contribution in [0.3, 0.4) is 0 Å². The Balaban J connectivity index is 0.00000259. The number of pyridine rings is 1. The summed E-state index contributed by atoms with van der Waals surface area (Å²) in [5, 5.41) is 6.32. The number of benzene rings is 1. The maximum absolute atomic E-state index is 14.8. The van der Waals surface area contributed by atoms with Gasteiger partial charge in [0.1, 0.15) is 11.5 Å². The highest BCUT2D eigenvalue weighted by atomic mass is 35.5. The zero-order valence-corrected chi connectivity index (χ0v) is 18.9. The van der Waals surface area contributed by atoms with Crippen LogP contribution in [0.1, 0.15) is 35.5 Å². The van der Waals surface area contributed by atoms with Gasteiger partial charge >= 0.3 is 0 Å². The van der Waals surface area contributed by atoms with E-state index in [0.717, 1.165) is 37.0 Å². The number of hydrogen-bond acceptors (Lipinski definition) is 7. The standard InChI is InChI=1S/C23H21FN6O2.ClH/c1-12(2)30-17-5-3-4-14(19(17)21(31)22(30)32)20-15(24)11-26-23(29-20)28-18-7-6-13-10-25-9-8-16(13)27-18;/h3-7,11-12,25H,8-10H2,1-2H3,(H,26,27,28,29);1H. The maximum Gasteiger partial charge on any atom is 0.299 e. The normalized spacial score (nSPS) is 14.7. The summed E-state index contributed by atoms with van der Waals surface area (Å²) in [7, 11) is 0. The lowest BCUT2D eigenvalue weighted by molar-refractivity contribution is -0.114. The van der Waals surface area contributed by atoms with E-state index in [1.54, 1.807) is 18.2 Å². The summed E-state index contributed by atoms with van der Waals surface area (Å²) in [5.74, 6) is -1.27. The quantitative estimate of drug-likeness (QED) is 0.566. The van der Waals surface area contributed by atoms with Crippen molar-refractivity contribution in [2.45, 2.75) is 32.9 Å². The molecule has 1 amide bonds. The number of nitrogens with zero attached hydrogens (tertiary/aromatic N) is 4. The first-order valence-corrected chi connectivity index (χ1v) is 10.4. The van der Waals surface area contributed by atoms with Gasteiger partial charge in [-0.25, -0.2) is 19.3 Å². The Hall–Kier alpha value is -3.43. The highest BCUT2D eigenvalue weighted by Crippen LogP contribution is 2.38. The minimum Gasteiger partial charge on any atom is -0.312 e. The largest absolute Gasteiger partial charge is 0.312 e. The third-order valence-electron chi connectivity index (χ3n) is 5.62. The lowest BCUT2D eigenvalue weighted by Crippen LogP contribution is -2.35. The van der Waals surface area contributed by atoms with Gasteiger partial charge in [-0.05, 0) is 31.5 Å².